The summed E-state index contributed by atoms with van der Waals surface area (Å²) in [7, 11) is -2.04. The maximum atomic E-state index is 11.9. The van der Waals surface area contributed by atoms with Crippen molar-refractivity contribution >= 4 is 21.4 Å². The minimum atomic E-state index is -3.60. The van der Waals surface area contributed by atoms with Gasteiger partial charge in [-0.2, -0.15) is 0 Å². The summed E-state index contributed by atoms with van der Waals surface area (Å²) in [6.45, 7) is 4.19. The van der Waals surface area contributed by atoms with Crippen molar-refractivity contribution in [3.8, 4) is 0 Å². The van der Waals surface area contributed by atoms with Gasteiger partial charge < -0.3 is 9.72 Å². The average Bonchev–Trinajstić information content (AvgIpc) is 2.56. The maximum absolute atomic E-state index is 11.9. The number of H-pyrrole nitrogens is 1. The van der Waals surface area contributed by atoms with E-state index in [4.69, 9.17) is 4.74 Å². The lowest BCUT2D eigenvalue weighted by Gasteiger charge is -2.11. The van der Waals surface area contributed by atoms with Crippen molar-refractivity contribution in [2.75, 3.05) is 20.3 Å². The summed E-state index contributed by atoms with van der Waals surface area (Å²) in [4.78, 5) is 13.1. The number of hydrogen-bond acceptors (Lipinski definition) is 5. The minimum Gasteiger partial charge on any atom is -0.384 e. The Hall–Kier alpha value is -0.700. The molecule has 0 aliphatic rings. The summed E-state index contributed by atoms with van der Waals surface area (Å²) in [5, 5.41) is 0. The molecule has 0 bridgehead atoms. The fourth-order valence-electron chi connectivity index (χ4n) is 1.31. The number of ether oxygens (including phenoxy) is 1. The molecule has 0 aromatic carbocycles. The first-order valence-electron chi connectivity index (χ1n) is 5.05. The fourth-order valence-corrected chi connectivity index (χ4v) is 3.82. The van der Waals surface area contributed by atoms with Crippen LogP contribution in [-0.2, 0) is 14.8 Å². The number of sulfonamides is 1. The highest BCUT2D eigenvalue weighted by Gasteiger charge is 2.20. The largest absolute Gasteiger partial charge is 0.384 e. The molecule has 1 heterocycles. The first kappa shape index (κ1) is 14.4. The van der Waals surface area contributed by atoms with Crippen molar-refractivity contribution in [3.63, 3.8) is 0 Å². The van der Waals surface area contributed by atoms with Gasteiger partial charge in [0.1, 0.15) is 0 Å². The van der Waals surface area contributed by atoms with Crippen LogP contribution in [0.2, 0.25) is 0 Å². The van der Waals surface area contributed by atoms with Gasteiger partial charge in [0.2, 0.25) is 0 Å². The molecule has 1 atom stereocenters. The van der Waals surface area contributed by atoms with Crippen LogP contribution in [0.15, 0.2) is 9.00 Å². The molecule has 17 heavy (non-hydrogen) atoms. The van der Waals surface area contributed by atoms with Crippen LogP contribution in [-0.4, -0.2) is 33.7 Å². The van der Waals surface area contributed by atoms with Gasteiger partial charge in [-0.3, -0.25) is 4.79 Å². The topological polar surface area (TPSA) is 88.3 Å². The van der Waals surface area contributed by atoms with Crippen molar-refractivity contribution in [2.24, 2.45) is 5.92 Å². The van der Waals surface area contributed by atoms with Crippen molar-refractivity contribution in [1.29, 1.82) is 0 Å². The smallest absolute Gasteiger partial charge is 0.305 e. The number of aryl methyl sites for hydroxylation is 1. The van der Waals surface area contributed by atoms with Crippen LogP contribution in [0.4, 0.5) is 0 Å². The molecule has 1 aromatic rings. The molecule has 1 unspecified atom stereocenters. The van der Waals surface area contributed by atoms with Crippen LogP contribution in [0, 0.1) is 12.8 Å². The van der Waals surface area contributed by atoms with E-state index in [-0.39, 0.29) is 21.5 Å². The van der Waals surface area contributed by atoms with E-state index >= 15 is 0 Å². The Bertz CT molecular complexity index is 517. The molecule has 1 aromatic heterocycles. The van der Waals surface area contributed by atoms with Gasteiger partial charge in [-0.25, -0.2) is 13.1 Å². The Balaban J connectivity index is 2.76. The van der Waals surface area contributed by atoms with Gasteiger partial charge in [-0.1, -0.05) is 18.3 Å². The fraction of sp³-hybridized carbons (Fsp3) is 0.667. The van der Waals surface area contributed by atoms with E-state index in [1.807, 2.05) is 6.92 Å². The van der Waals surface area contributed by atoms with Crippen LogP contribution in [0.25, 0.3) is 0 Å². The molecule has 0 amide bonds. The molecule has 98 valence electrons. The molecule has 0 aliphatic heterocycles. The molecule has 2 N–H and O–H groups in total. The van der Waals surface area contributed by atoms with E-state index in [1.165, 1.54) is 0 Å². The maximum Gasteiger partial charge on any atom is 0.305 e. The first-order valence-corrected chi connectivity index (χ1v) is 7.35. The van der Waals surface area contributed by atoms with Crippen LogP contribution >= 0.6 is 11.3 Å². The third-order valence-corrected chi connectivity index (χ3v) is 5.13. The molecular weight excluding hydrogens is 264 g/mol. The molecule has 8 heteroatoms. The van der Waals surface area contributed by atoms with Crippen molar-refractivity contribution < 1.29 is 13.2 Å². The summed E-state index contributed by atoms with van der Waals surface area (Å²) >= 11 is 0.693. The van der Waals surface area contributed by atoms with E-state index in [0.717, 1.165) is 0 Å². The van der Waals surface area contributed by atoms with Gasteiger partial charge in [-0.05, 0) is 12.8 Å². The normalized spacial score (nSPS) is 13.8. The van der Waals surface area contributed by atoms with Gasteiger partial charge in [0.25, 0.3) is 10.0 Å². The number of hydrogen-bond donors (Lipinski definition) is 2. The monoisotopic (exact) mass is 280 g/mol. The summed E-state index contributed by atoms with van der Waals surface area (Å²) in [5.74, 6) is 0.0748. The zero-order valence-corrected chi connectivity index (χ0v) is 11.6. The molecule has 0 aliphatic carbocycles. The number of methoxy groups -OCH3 is 1. The van der Waals surface area contributed by atoms with Gasteiger partial charge in [0.05, 0.1) is 0 Å². The van der Waals surface area contributed by atoms with E-state index in [1.54, 1.807) is 14.0 Å². The lowest BCUT2D eigenvalue weighted by molar-refractivity contribution is 0.161. The second kappa shape index (κ2) is 5.76. The van der Waals surface area contributed by atoms with Gasteiger partial charge in [0.15, 0.2) is 4.21 Å². The Kier molecular flexibility index (Phi) is 4.87. The van der Waals surface area contributed by atoms with E-state index in [2.05, 4.69) is 9.71 Å². The third-order valence-electron chi connectivity index (χ3n) is 2.10. The second-order valence-corrected chi connectivity index (χ2v) is 6.78. The SMILES string of the molecule is COCC(C)CNS(=O)(=O)c1sc(=O)[nH]c1C. The third kappa shape index (κ3) is 3.91. The Morgan fingerprint density at radius 3 is 2.65 bits per heavy atom. The van der Waals surface area contributed by atoms with Crippen molar-refractivity contribution in [3.05, 3.63) is 15.4 Å². The van der Waals surface area contributed by atoms with E-state index in [9.17, 15) is 13.2 Å². The number of thiazole rings is 1. The highest BCUT2D eigenvalue weighted by Crippen LogP contribution is 2.15. The van der Waals surface area contributed by atoms with Crippen LogP contribution in [0.3, 0.4) is 0 Å². The highest BCUT2D eigenvalue weighted by molar-refractivity contribution is 7.91. The number of aromatic amines is 1. The summed E-state index contributed by atoms with van der Waals surface area (Å²) in [6.07, 6.45) is 0. The van der Waals surface area contributed by atoms with Crippen LogP contribution in [0.5, 0.6) is 0 Å². The van der Waals surface area contributed by atoms with Gasteiger partial charge in [-0.15, -0.1) is 0 Å². The predicted octanol–water partition coefficient (Wildman–Crippen LogP) is 0.306. The number of nitrogens with one attached hydrogen (secondary N) is 2. The number of aromatic nitrogens is 1. The minimum absolute atomic E-state index is 0.0483. The lowest BCUT2D eigenvalue weighted by Crippen LogP contribution is -2.29. The summed E-state index contributed by atoms with van der Waals surface area (Å²) in [5.41, 5.74) is 0.367. The molecular formula is C9H16N2O4S2. The first-order chi connectivity index (χ1) is 7.86. The summed E-state index contributed by atoms with van der Waals surface area (Å²) in [6, 6.07) is 0. The molecule has 0 radical (unpaired) electrons. The van der Waals surface area contributed by atoms with Gasteiger partial charge >= 0.3 is 4.87 Å². The zero-order valence-electron chi connectivity index (χ0n) is 9.94. The Labute approximate surface area is 104 Å². The average molecular weight is 280 g/mol. The van der Waals surface area contributed by atoms with E-state index in [0.29, 0.717) is 23.6 Å². The lowest BCUT2D eigenvalue weighted by atomic mass is 10.2. The standard InChI is InChI=1S/C9H16N2O4S2/c1-6(5-15-3)4-10-17(13,14)8-7(2)11-9(12)16-8/h6,10H,4-5H2,1-3H3,(H,11,12). The second-order valence-electron chi connectivity index (χ2n) is 3.84. The molecule has 1 rings (SSSR count). The Morgan fingerprint density at radius 1 is 1.53 bits per heavy atom. The van der Waals surface area contributed by atoms with Crippen molar-refractivity contribution in [1.82, 2.24) is 9.71 Å². The van der Waals surface area contributed by atoms with Crippen LogP contribution in [0.1, 0.15) is 12.6 Å². The van der Waals surface area contributed by atoms with E-state index < -0.39 is 10.0 Å². The summed E-state index contributed by atoms with van der Waals surface area (Å²) < 4.78 is 31.2. The van der Waals surface area contributed by atoms with Crippen molar-refractivity contribution in [2.45, 2.75) is 18.1 Å². The molecule has 0 saturated carbocycles. The Morgan fingerprint density at radius 2 is 2.18 bits per heavy atom. The van der Waals surface area contributed by atoms with Crippen LogP contribution < -0.4 is 9.60 Å². The van der Waals surface area contributed by atoms with Gasteiger partial charge in [0, 0.05) is 26.0 Å². The molecule has 6 nitrogen and oxygen atoms in total. The predicted molar refractivity (Wildman–Crippen MR) is 65.9 cm³/mol. The molecule has 0 fully saturated rings. The number of rotatable bonds is 6. The zero-order chi connectivity index (χ0) is 13.1. The highest BCUT2D eigenvalue weighted by atomic mass is 32.2. The quantitative estimate of drug-likeness (QED) is 0.784. The molecule has 0 saturated heterocycles. The molecule has 0 spiro atoms.